The van der Waals surface area contributed by atoms with Gasteiger partial charge >= 0.3 is 5.97 Å². The van der Waals surface area contributed by atoms with Crippen molar-refractivity contribution in [3.8, 4) is 16.3 Å². The van der Waals surface area contributed by atoms with E-state index in [1.165, 1.54) is 17.1 Å². The number of carboxylic acid groups (broad SMARTS) is 1. The highest BCUT2D eigenvalue weighted by Gasteiger charge is 2.29. The average molecular weight is 443 g/mol. The summed E-state index contributed by atoms with van der Waals surface area (Å²) in [6, 6.07) is 14.2. The van der Waals surface area contributed by atoms with Gasteiger partial charge in [0.25, 0.3) is 0 Å². The molecule has 1 N–H and O–H groups in total. The Bertz CT molecular complexity index is 1030. The summed E-state index contributed by atoms with van der Waals surface area (Å²) in [4.78, 5) is 17.0. The van der Waals surface area contributed by atoms with Gasteiger partial charge in [-0.2, -0.15) is 4.37 Å². The molecule has 0 bridgehead atoms. The Kier molecular flexibility index (Phi) is 6.83. The topological polar surface area (TPSA) is 72.3 Å². The third kappa shape index (κ3) is 5.40. The number of benzene rings is 2. The number of aromatic nitrogens is 2. The zero-order valence-electron chi connectivity index (χ0n) is 17.8. The first-order valence-corrected chi connectivity index (χ1v) is 11.5. The number of hydrogen-bond acceptors (Lipinski definition) is 6. The lowest BCUT2D eigenvalue weighted by atomic mass is 10.0. The van der Waals surface area contributed by atoms with Crippen LogP contribution in [0.25, 0.3) is 10.6 Å². The van der Waals surface area contributed by atoms with Crippen LogP contribution in [0.4, 0.5) is 0 Å². The minimum atomic E-state index is -1.27. The molecule has 2 aromatic carbocycles. The van der Waals surface area contributed by atoms with Crippen molar-refractivity contribution in [2.75, 3.05) is 0 Å². The van der Waals surface area contributed by atoms with Gasteiger partial charge in [-0.05, 0) is 67.5 Å². The van der Waals surface area contributed by atoms with E-state index in [2.05, 4.69) is 47.5 Å². The van der Waals surface area contributed by atoms with Crippen LogP contribution >= 0.6 is 23.3 Å². The van der Waals surface area contributed by atoms with Crippen molar-refractivity contribution in [1.29, 1.82) is 0 Å². The molecule has 0 spiro atoms. The van der Waals surface area contributed by atoms with Gasteiger partial charge in [0.1, 0.15) is 10.8 Å². The lowest BCUT2D eigenvalue weighted by Gasteiger charge is -2.22. The maximum Gasteiger partial charge on any atom is 0.347 e. The molecule has 0 fully saturated rings. The van der Waals surface area contributed by atoms with Crippen molar-refractivity contribution < 1.29 is 14.6 Å². The van der Waals surface area contributed by atoms with Crippen LogP contribution in [0.15, 0.2) is 47.4 Å². The van der Waals surface area contributed by atoms with E-state index in [-0.39, 0.29) is 0 Å². The van der Waals surface area contributed by atoms with Crippen LogP contribution in [0.2, 0.25) is 0 Å². The highest BCUT2D eigenvalue weighted by atomic mass is 32.2. The SMILES string of the molecule is Cc1cc(SCc2nsc(-c3ccc(C(C)C)cc3)n2)ccc1OC(C)(C)C(=O)O. The molecule has 0 saturated carbocycles. The van der Waals surface area contributed by atoms with Crippen molar-refractivity contribution in [3.05, 3.63) is 59.4 Å². The smallest absolute Gasteiger partial charge is 0.347 e. The summed E-state index contributed by atoms with van der Waals surface area (Å²) in [5, 5.41) is 10.2. The summed E-state index contributed by atoms with van der Waals surface area (Å²) in [6.07, 6.45) is 0. The summed E-state index contributed by atoms with van der Waals surface area (Å²) < 4.78 is 10.1. The number of rotatable bonds is 8. The molecule has 3 aromatic rings. The number of carbonyl (C=O) groups is 1. The van der Waals surface area contributed by atoms with Crippen LogP contribution in [0, 0.1) is 6.92 Å². The second-order valence-electron chi connectivity index (χ2n) is 7.93. The molecule has 158 valence electrons. The van der Waals surface area contributed by atoms with Gasteiger partial charge in [0.15, 0.2) is 11.4 Å². The third-order valence-corrected chi connectivity index (χ3v) is 6.48. The van der Waals surface area contributed by atoms with Crippen molar-refractivity contribution in [3.63, 3.8) is 0 Å². The molecule has 0 radical (unpaired) electrons. The Balaban J connectivity index is 1.63. The molecule has 0 aliphatic rings. The van der Waals surface area contributed by atoms with Crippen molar-refractivity contribution in [1.82, 2.24) is 9.36 Å². The molecule has 0 amide bonds. The third-order valence-electron chi connectivity index (χ3n) is 4.69. The van der Waals surface area contributed by atoms with E-state index in [1.54, 1.807) is 25.6 Å². The fraction of sp³-hybridized carbons (Fsp3) is 0.348. The van der Waals surface area contributed by atoms with Gasteiger partial charge in [-0.3, -0.25) is 0 Å². The van der Waals surface area contributed by atoms with E-state index in [0.717, 1.165) is 26.9 Å². The standard InChI is InChI=1S/C23H26N2O3S2/c1-14(2)16-6-8-17(9-7-16)21-24-20(25-30-21)13-29-18-10-11-19(15(3)12-18)28-23(4,5)22(26)27/h6-12,14H,13H2,1-5H3,(H,26,27). The molecule has 30 heavy (non-hydrogen) atoms. The molecule has 0 saturated heterocycles. The summed E-state index contributed by atoms with van der Waals surface area (Å²) >= 11 is 3.06. The normalized spacial score (nSPS) is 11.7. The Hall–Kier alpha value is -2.38. The molecule has 5 nitrogen and oxygen atoms in total. The maximum atomic E-state index is 11.3. The van der Waals surface area contributed by atoms with Gasteiger partial charge in [0.2, 0.25) is 0 Å². The molecule has 0 aliphatic heterocycles. The van der Waals surface area contributed by atoms with Gasteiger partial charge in [-0.1, -0.05) is 38.1 Å². The van der Waals surface area contributed by atoms with Crippen LogP contribution in [0.5, 0.6) is 5.75 Å². The van der Waals surface area contributed by atoms with Crippen LogP contribution in [-0.2, 0) is 10.5 Å². The predicted molar refractivity (Wildman–Crippen MR) is 123 cm³/mol. The highest BCUT2D eigenvalue weighted by Crippen LogP contribution is 2.31. The minimum Gasteiger partial charge on any atom is -0.478 e. The second-order valence-corrected chi connectivity index (χ2v) is 9.73. The van der Waals surface area contributed by atoms with Gasteiger partial charge < -0.3 is 9.84 Å². The van der Waals surface area contributed by atoms with Crippen molar-refractivity contribution in [2.45, 2.75) is 56.8 Å². The second kappa shape index (κ2) is 9.18. The van der Waals surface area contributed by atoms with E-state index >= 15 is 0 Å². The van der Waals surface area contributed by atoms with Crippen LogP contribution < -0.4 is 4.74 Å². The fourth-order valence-corrected chi connectivity index (χ4v) is 4.35. The Morgan fingerprint density at radius 2 is 1.90 bits per heavy atom. The molecule has 0 atom stereocenters. The molecule has 3 rings (SSSR count). The Morgan fingerprint density at radius 1 is 1.20 bits per heavy atom. The first-order chi connectivity index (χ1) is 14.2. The molecular weight excluding hydrogens is 416 g/mol. The van der Waals surface area contributed by atoms with Crippen molar-refractivity contribution in [2.24, 2.45) is 0 Å². The van der Waals surface area contributed by atoms with E-state index in [1.807, 2.05) is 25.1 Å². The first-order valence-electron chi connectivity index (χ1n) is 9.74. The van der Waals surface area contributed by atoms with Gasteiger partial charge in [0.05, 0.1) is 5.75 Å². The maximum absolute atomic E-state index is 11.3. The quantitative estimate of drug-likeness (QED) is 0.421. The van der Waals surface area contributed by atoms with E-state index < -0.39 is 11.6 Å². The summed E-state index contributed by atoms with van der Waals surface area (Å²) in [7, 11) is 0. The number of nitrogens with zero attached hydrogens (tertiary/aromatic N) is 2. The van der Waals surface area contributed by atoms with Crippen LogP contribution in [-0.4, -0.2) is 26.0 Å². The van der Waals surface area contributed by atoms with Crippen LogP contribution in [0.1, 0.15) is 50.6 Å². The molecular formula is C23H26N2O3S2. The molecule has 0 aliphatic carbocycles. The van der Waals surface area contributed by atoms with Crippen molar-refractivity contribution >= 4 is 29.3 Å². The van der Waals surface area contributed by atoms with Gasteiger partial charge in [-0.25, -0.2) is 9.78 Å². The average Bonchev–Trinajstić information content (AvgIpc) is 3.17. The monoisotopic (exact) mass is 442 g/mol. The summed E-state index contributed by atoms with van der Waals surface area (Å²) in [5.74, 6) is 1.56. The number of thioether (sulfide) groups is 1. The number of carboxylic acids is 1. The van der Waals surface area contributed by atoms with E-state index in [0.29, 0.717) is 17.4 Å². The van der Waals surface area contributed by atoms with Gasteiger partial charge in [0, 0.05) is 10.5 Å². The predicted octanol–water partition coefficient (Wildman–Crippen LogP) is 6.17. The molecule has 1 heterocycles. The molecule has 7 heteroatoms. The fourth-order valence-electron chi connectivity index (χ4n) is 2.73. The Labute approximate surface area is 185 Å². The molecule has 0 unspecified atom stereocenters. The zero-order chi connectivity index (χ0) is 21.9. The van der Waals surface area contributed by atoms with Gasteiger partial charge in [-0.15, -0.1) is 11.8 Å². The first kappa shape index (κ1) is 22.3. The zero-order valence-corrected chi connectivity index (χ0v) is 19.4. The largest absolute Gasteiger partial charge is 0.478 e. The Morgan fingerprint density at radius 3 is 2.50 bits per heavy atom. The van der Waals surface area contributed by atoms with E-state index in [4.69, 9.17) is 4.74 Å². The highest BCUT2D eigenvalue weighted by molar-refractivity contribution is 7.98. The minimum absolute atomic E-state index is 0.510. The number of ether oxygens (including phenoxy) is 1. The van der Waals surface area contributed by atoms with Crippen LogP contribution in [0.3, 0.4) is 0 Å². The number of aryl methyl sites for hydroxylation is 1. The lowest BCUT2D eigenvalue weighted by Crippen LogP contribution is -2.38. The summed E-state index contributed by atoms with van der Waals surface area (Å²) in [5.41, 5.74) is 2.03. The number of aliphatic carboxylic acids is 1. The lowest BCUT2D eigenvalue weighted by molar-refractivity contribution is -0.152. The summed E-state index contributed by atoms with van der Waals surface area (Å²) in [6.45, 7) is 9.36. The molecule has 1 aromatic heterocycles. The van der Waals surface area contributed by atoms with E-state index in [9.17, 15) is 9.90 Å². The number of hydrogen-bond donors (Lipinski definition) is 1.